The van der Waals surface area contributed by atoms with Crippen LogP contribution in [-0.2, 0) is 13.0 Å². The highest BCUT2D eigenvalue weighted by atomic mass is 35.5. The van der Waals surface area contributed by atoms with E-state index in [0.29, 0.717) is 23.8 Å². The summed E-state index contributed by atoms with van der Waals surface area (Å²) in [6, 6.07) is 17.3. The molecule has 2 aromatic carbocycles. The molecule has 0 fully saturated rings. The number of pyridine rings is 1. The van der Waals surface area contributed by atoms with Crippen molar-refractivity contribution in [2.45, 2.75) is 20.0 Å². The molecule has 0 amide bonds. The molecule has 0 aliphatic carbocycles. The molecule has 1 heterocycles. The van der Waals surface area contributed by atoms with Crippen molar-refractivity contribution >= 4 is 11.6 Å². The lowest BCUT2D eigenvalue weighted by molar-refractivity contribution is 0.301. The van der Waals surface area contributed by atoms with Gasteiger partial charge in [0.25, 0.3) is 0 Å². The Bertz CT molecular complexity index is 979. The molecule has 3 rings (SSSR count). The number of methoxy groups -OCH3 is 1. The maximum Gasteiger partial charge on any atom is 0.182 e. The zero-order valence-electron chi connectivity index (χ0n) is 15.2. The van der Waals surface area contributed by atoms with Crippen LogP contribution in [0.1, 0.15) is 23.7 Å². The molecule has 0 aliphatic heterocycles. The van der Waals surface area contributed by atoms with E-state index in [9.17, 15) is 5.26 Å². The molecule has 136 valence electrons. The number of nitriles is 1. The van der Waals surface area contributed by atoms with Crippen LogP contribution in [-0.4, -0.2) is 12.1 Å². The van der Waals surface area contributed by atoms with Gasteiger partial charge in [0.2, 0.25) is 0 Å². The van der Waals surface area contributed by atoms with E-state index < -0.39 is 0 Å². The molecule has 0 spiro atoms. The van der Waals surface area contributed by atoms with Crippen LogP contribution < -0.4 is 9.47 Å². The zero-order valence-corrected chi connectivity index (χ0v) is 16.0. The number of hydrogen-bond acceptors (Lipinski definition) is 4. The van der Waals surface area contributed by atoms with Gasteiger partial charge in [0.05, 0.1) is 7.11 Å². The third-order valence-corrected chi connectivity index (χ3v) is 4.51. The minimum Gasteiger partial charge on any atom is -0.497 e. The monoisotopic (exact) mass is 378 g/mol. The normalized spacial score (nSPS) is 10.3. The smallest absolute Gasteiger partial charge is 0.182 e. The predicted molar refractivity (Wildman–Crippen MR) is 106 cm³/mol. The summed E-state index contributed by atoms with van der Waals surface area (Å²) in [7, 11) is 1.63. The van der Waals surface area contributed by atoms with Gasteiger partial charge in [0.1, 0.15) is 18.4 Å². The number of ether oxygens (including phenoxy) is 2. The lowest BCUT2D eigenvalue weighted by Gasteiger charge is -2.16. The van der Waals surface area contributed by atoms with Gasteiger partial charge >= 0.3 is 0 Å². The fraction of sp³-hybridized carbons (Fsp3) is 0.182. The number of aromatic nitrogens is 1. The average Bonchev–Trinajstić information content (AvgIpc) is 2.71. The highest BCUT2D eigenvalue weighted by Crippen LogP contribution is 2.34. The molecule has 27 heavy (non-hydrogen) atoms. The molecule has 0 atom stereocenters. The lowest BCUT2D eigenvalue weighted by Crippen LogP contribution is -2.04. The predicted octanol–water partition coefficient (Wildman–Crippen LogP) is 5.42. The van der Waals surface area contributed by atoms with E-state index in [1.807, 2.05) is 55.5 Å². The molecule has 0 saturated heterocycles. The SMILES string of the molecule is CCc1c(-c2cccc(Cl)c2)cnc(C#N)c1OCc1ccc(OC)cc1. The van der Waals surface area contributed by atoms with Crippen LogP contribution >= 0.6 is 11.6 Å². The Balaban J connectivity index is 1.97. The summed E-state index contributed by atoms with van der Waals surface area (Å²) in [6.07, 6.45) is 2.42. The van der Waals surface area contributed by atoms with E-state index in [1.165, 1.54) is 0 Å². The second-order valence-electron chi connectivity index (χ2n) is 5.94. The first-order chi connectivity index (χ1) is 13.2. The highest BCUT2D eigenvalue weighted by molar-refractivity contribution is 6.30. The average molecular weight is 379 g/mol. The molecule has 1 aromatic heterocycles. The van der Waals surface area contributed by atoms with Gasteiger partial charge in [-0.15, -0.1) is 0 Å². The van der Waals surface area contributed by atoms with Gasteiger partial charge in [-0.05, 0) is 41.8 Å². The van der Waals surface area contributed by atoms with Crippen LogP contribution in [0.15, 0.2) is 54.7 Å². The third kappa shape index (κ3) is 4.21. The Labute approximate surface area is 164 Å². The topological polar surface area (TPSA) is 55.1 Å². The molecule has 0 radical (unpaired) electrons. The van der Waals surface area contributed by atoms with E-state index in [0.717, 1.165) is 28.0 Å². The molecule has 0 N–H and O–H groups in total. The quantitative estimate of drug-likeness (QED) is 0.574. The van der Waals surface area contributed by atoms with Crippen molar-refractivity contribution in [3.63, 3.8) is 0 Å². The lowest BCUT2D eigenvalue weighted by atomic mass is 9.98. The summed E-state index contributed by atoms with van der Waals surface area (Å²) in [5.74, 6) is 1.31. The first kappa shape index (κ1) is 18.8. The minimum absolute atomic E-state index is 0.283. The first-order valence-electron chi connectivity index (χ1n) is 8.60. The van der Waals surface area contributed by atoms with Gasteiger partial charge in [-0.2, -0.15) is 5.26 Å². The van der Waals surface area contributed by atoms with Gasteiger partial charge in [-0.25, -0.2) is 4.98 Å². The maximum absolute atomic E-state index is 9.48. The van der Waals surface area contributed by atoms with E-state index in [-0.39, 0.29) is 5.69 Å². The third-order valence-electron chi connectivity index (χ3n) is 4.27. The van der Waals surface area contributed by atoms with Crippen LogP contribution in [0.5, 0.6) is 11.5 Å². The van der Waals surface area contributed by atoms with Crippen LogP contribution in [0.25, 0.3) is 11.1 Å². The number of halogens is 1. The second kappa shape index (κ2) is 8.57. The largest absolute Gasteiger partial charge is 0.497 e. The minimum atomic E-state index is 0.283. The van der Waals surface area contributed by atoms with Crippen molar-refractivity contribution in [3.8, 4) is 28.7 Å². The summed E-state index contributed by atoms with van der Waals surface area (Å²) >= 11 is 6.14. The maximum atomic E-state index is 9.48. The van der Waals surface area contributed by atoms with Crippen molar-refractivity contribution < 1.29 is 9.47 Å². The van der Waals surface area contributed by atoms with Crippen molar-refractivity contribution in [2.24, 2.45) is 0 Å². The Morgan fingerprint density at radius 3 is 2.56 bits per heavy atom. The van der Waals surface area contributed by atoms with Crippen LogP contribution in [0.4, 0.5) is 0 Å². The van der Waals surface area contributed by atoms with Gasteiger partial charge < -0.3 is 9.47 Å². The molecule has 5 heteroatoms. The molecular weight excluding hydrogens is 360 g/mol. The molecular formula is C22H19ClN2O2. The van der Waals surface area contributed by atoms with Crippen molar-refractivity contribution in [1.29, 1.82) is 5.26 Å². The fourth-order valence-electron chi connectivity index (χ4n) is 2.90. The van der Waals surface area contributed by atoms with Crippen molar-refractivity contribution in [3.05, 3.63) is 76.6 Å². The van der Waals surface area contributed by atoms with Crippen molar-refractivity contribution in [1.82, 2.24) is 4.98 Å². The Hall–Kier alpha value is -3.03. The molecule has 4 nitrogen and oxygen atoms in total. The fourth-order valence-corrected chi connectivity index (χ4v) is 3.09. The number of hydrogen-bond donors (Lipinski definition) is 0. The summed E-state index contributed by atoms with van der Waals surface area (Å²) in [4.78, 5) is 4.30. The van der Waals surface area contributed by atoms with Crippen LogP contribution in [0.3, 0.4) is 0 Å². The summed E-state index contributed by atoms with van der Waals surface area (Å²) in [5, 5.41) is 10.1. The zero-order chi connectivity index (χ0) is 19.2. The Morgan fingerprint density at radius 1 is 1.15 bits per heavy atom. The molecule has 0 unspecified atom stereocenters. The summed E-state index contributed by atoms with van der Waals surface area (Å²) in [6.45, 7) is 2.37. The first-order valence-corrected chi connectivity index (χ1v) is 8.97. The van der Waals surface area contributed by atoms with Gasteiger partial charge in [0.15, 0.2) is 11.4 Å². The highest BCUT2D eigenvalue weighted by Gasteiger charge is 2.16. The van der Waals surface area contributed by atoms with E-state index >= 15 is 0 Å². The van der Waals surface area contributed by atoms with E-state index in [4.69, 9.17) is 21.1 Å². The second-order valence-corrected chi connectivity index (χ2v) is 6.38. The van der Waals surface area contributed by atoms with Crippen molar-refractivity contribution in [2.75, 3.05) is 7.11 Å². The van der Waals surface area contributed by atoms with Crippen LogP contribution in [0.2, 0.25) is 5.02 Å². The van der Waals surface area contributed by atoms with Gasteiger partial charge in [0, 0.05) is 22.3 Å². The van der Waals surface area contributed by atoms with Crippen LogP contribution in [0, 0.1) is 11.3 Å². The molecule has 3 aromatic rings. The Kier molecular flexibility index (Phi) is 5.95. The van der Waals surface area contributed by atoms with E-state index in [2.05, 4.69) is 11.1 Å². The number of benzene rings is 2. The molecule has 0 aliphatic rings. The molecule has 0 bridgehead atoms. The van der Waals surface area contributed by atoms with Gasteiger partial charge in [-0.1, -0.05) is 42.8 Å². The van der Waals surface area contributed by atoms with E-state index in [1.54, 1.807) is 13.3 Å². The van der Waals surface area contributed by atoms with Gasteiger partial charge in [-0.3, -0.25) is 0 Å². The number of nitrogens with zero attached hydrogens (tertiary/aromatic N) is 2. The Morgan fingerprint density at radius 2 is 1.93 bits per heavy atom. The molecule has 0 saturated carbocycles. The standard InChI is InChI=1S/C22H19ClN2O2/c1-3-19-20(16-5-4-6-17(23)11-16)13-25-21(12-24)22(19)27-14-15-7-9-18(26-2)10-8-15/h4-11,13H,3,14H2,1-2H3. The number of rotatable bonds is 6. The summed E-state index contributed by atoms with van der Waals surface area (Å²) < 4.78 is 11.2. The summed E-state index contributed by atoms with van der Waals surface area (Å²) in [5.41, 5.74) is 4.08.